The molecule has 0 bridgehead atoms. The van der Waals surface area contributed by atoms with Gasteiger partial charge in [-0.2, -0.15) is 0 Å². The molecule has 0 atom stereocenters. The Labute approximate surface area is 190 Å². The maximum absolute atomic E-state index is 12.8. The van der Waals surface area contributed by atoms with Gasteiger partial charge in [0.15, 0.2) is 0 Å². The van der Waals surface area contributed by atoms with E-state index in [2.05, 4.69) is 0 Å². The summed E-state index contributed by atoms with van der Waals surface area (Å²) in [5, 5.41) is 0.416. The van der Waals surface area contributed by atoms with Gasteiger partial charge in [-0.15, -0.1) is 0 Å². The Balaban J connectivity index is 1.42. The number of thioether (sulfide) groups is 1. The highest BCUT2D eigenvalue weighted by Gasteiger charge is 2.35. The van der Waals surface area contributed by atoms with Crippen molar-refractivity contribution in [2.45, 2.75) is 20.1 Å². The number of aryl methyl sites for hydroxylation is 1. The third kappa shape index (κ3) is 5.01. The van der Waals surface area contributed by atoms with E-state index in [1.165, 1.54) is 4.90 Å². The molecular weight excluding hydrogens is 430 g/mol. The van der Waals surface area contributed by atoms with Gasteiger partial charge in [-0.3, -0.25) is 14.5 Å². The van der Waals surface area contributed by atoms with Crippen LogP contribution in [0.3, 0.4) is 0 Å². The Morgan fingerprint density at radius 3 is 2.32 bits per heavy atom. The average molecular weight is 450 g/mol. The molecule has 156 valence electrons. The number of halogens is 1. The number of carbonyl (C=O) groups is 2. The second-order valence-electron chi connectivity index (χ2n) is 7.14. The maximum Gasteiger partial charge on any atom is 0.293 e. The number of carbonyl (C=O) groups excluding carboxylic acids is 2. The predicted molar refractivity (Wildman–Crippen MR) is 125 cm³/mol. The molecule has 31 heavy (non-hydrogen) atoms. The summed E-state index contributed by atoms with van der Waals surface area (Å²) >= 11 is 7.12. The molecule has 1 heterocycles. The van der Waals surface area contributed by atoms with Crippen LogP contribution in [0.5, 0.6) is 5.75 Å². The van der Waals surface area contributed by atoms with Crippen molar-refractivity contribution in [2.24, 2.45) is 0 Å². The van der Waals surface area contributed by atoms with Crippen molar-refractivity contribution in [2.75, 3.05) is 0 Å². The maximum atomic E-state index is 12.8. The Morgan fingerprint density at radius 1 is 0.935 bits per heavy atom. The number of hydrogen-bond donors (Lipinski definition) is 0. The van der Waals surface area contributed by atoms with Crippen LogP contribution in [0.1, 0.15) is 22.3 Å². The van der Waals surface area contributed by atoms with E-state index in [1.54, 1.807) is 6.08 Å². The number of benzene rings is 3. The molecule has 0 aromatic heterocycles. The number of nitrogens with zero attached hydrogens (tertiary/aromatic N) is 1. The van der Waals surface area contributed by atoms with Crippen LogP contribution in [0.2, 0.25) is 5.02 Å². The first-order chi connectivity index (χ1) is 15.0. The Bertz CT molecular complexity index is 1160. The smallest absolute Gasteiger partial charge is 0.293 e. The fourth-order valence-corrected chi connectivity index (χ4v) is 4.21. The molecule has 0 radical (unpaired) electrons. The van der Waals surface area contributed by atoms with E-state index in [0.717, 1.165) is 34.0 Å². The normalized spacial score (nSPS) is 15.0. The monoisotopic (exact) mass is 449 g/mol. The van der Waals surface area contributed by atoms with Crippen molar-refractivity contribution in [3.8, 4) is 5.75 Å². The van der Waals surface area contributed by atoms with Gasteiger partial charge in [0.2, 0.25) is 0 Å². The van der Waals surface area contributed by atoms with Crippen LogP contribution in [-0.4, -0.2) is 16.0 Å². The summed E-state index contributed by atoms with van der Waals surface area (Å²) in [5.74, 6) is 0.432. The Hall–Kier alpha value is -3.02. The van der Waals surface area contributed by atoms with Gasteiger partial charge in [-0.1, -0.05) is 66.2 Å². The fraction of sp³-hybridized carbons (Fsp3) is 0.120. The molecule has 3 aromatic carbocycles. The van der Waals surface area contributed by atoms with Crippen LogP contribution >= 0.6 is 23.4 Å². The van der Waals surface area contributed by atoms with Crippen LogP contribution in [0.4, 0.5) is 4.79 Å². The van der Waals surface area contributed by atoms with E-state index in [9.17, 15) is 9.59 Å². The summed E-state index contributed by atoms with van der Waals surface area (Å²) in [6.07, 6.45) is 1.74. The predicted octanol–water partition coefficient (Wildman–Crippen LogP) is 6.46. The number of hydrogen-bond acceptors (Lipinski definition) is 4. The molecule has 2 amide bonds. The van der Waals surface area contributed by atoms with Crippen molar-refractivity contribution in [1.29, 1.82) is 0 Å². The highest BCUT2D eigenvalue weighted by Crippen LogP contribution is 2.34. The molecule has 1 saturated heterocycles. The average Bonchev–Trinajstić information content (AvgIpc) is 3.03. The van der Waals surface area contributed by atoms with E-state index in [1.807, 2.05) is 79.7 Å². The molecule has 1 aliphatic rings. The highest BCUT2D eigenvalue weighted by atomic mass is 35.5. The van der Waals surface area contributed by atoms with Gasteiger partial charge >= 0.3 is 0 Å². The second-order valence-corrected chi connectivity index (χ2v) is 8.54. The van der Waals surface area contributed by atoms with E-state index in [0.29, 0.717) is 22.3 Å². The summed E-state index contributed by atoms with van der Waals surface area (Å²) in [6.45, 7) is 2.62. The Morgan fingerprint density at radius 2 is 1.61 bits per heavy atom. The molecule has 0 saturated carbocycles. The van der Waals surface area contributed by atoms with Gasteiger partial charge in [0.05, 0.1) is 11.4 Å². The number of ether oxygens (including phenoxy) is 1. The first-order valence-corrected chi connectivity index (χ1v) is 11.0. The lowest BCUT2D eigenvalue weighted by molar-refractivity contribution is -0.123. The van der Waals surface area contributed by atoms with Crippen LogP contribution in [-0.2, 0) is 17.9 Å². The first kappa shape index (κ1) is 21.2. The molecule has 0 N–H and O–H groups in total. The summed E-state index contributed by atoms with van der Waals surface area (Å²) in [5.41, 5.74) is 3.76. The minimum Gasteiger partial charge on any atom is -0.489 e. The summed E-state index contributed by atoms with van der Waals surface area (Å²) in [6, 6.07) is 22.7. The summed E-state index contributed by atoms with van der Waals surface area (Å²) < 4.78 is 5.79. The lowest BCUT2D eigenvalue weighted by atomic mass is 10.1. The molecule has 0 aliphatic carbocycles. The zero-order valence-electron chi connectivity index (χ0n) is 16.9. The van der Waals surface area contributed by atoms with E-state index < -0.39 is 0 Å². The van der Waals surface area contributed by atoms with Crippen LogP contribution < -0.4 is 4.74 Å². The van der Waals surface area contributed by atoms with Crippen molar-refractivity contribution in [3.63, 3.8) is 0 Å². The van der Waals surface area contributed by atoms with Crippen molar-refractivity contribution in [3.05, 3.63) is 105 Å². The molecule has 4 nitrogen and oxygen atoms in total. The van der Waals surface area contributed by atoms with Gasteiger partial charge in [-0.05, 0) is 59.7 Å². The van der Waals surface area contributed by atoms with Crippen LogP contribution in [0.25, 0.3) is 6.08 Å². The van der Waals surface area contributed by atoms with E-state index in [4.69, 9.17) is 16.3 Å². The van der Waals surface area contributed by atoms with Gasteiger partial charge in [0.25, 0.3) is 11.1 Å². The van der Waals surface area contributed by atoms with Gasteiger partial charge in [-0.25, -0.2) is 0 Å². The molecule has 6 heteroatoms. The summed E-state index contributed by atoms with van der Waals surface area (Å²) in [4.78, 5) is 26.9. The van der Waals surface area contributed by atoms with Crippen molar-refractivity contribution < 1.29 is 14.3 Å². The van der Waals surface area contributed by atoms with Crippen molar-refractivity contribution >= 4 is 40.6 Å². The number of rotatable bonds is 6. The zero-order chi connectivity index (χ0) is 21.8. The topological polar surface area (TPSA) is 46.6 Å². The third-order valence-electron chi connectivity index (χ3n) is 4.99. The number of amides is 2. The molecule has 1 aliphatic heterocycles. The minimum atomic E-state index is -0.266. The van der Waals surface area contributed by atoms with E-state index >= 15 is 0 Å². The van der Waals surface area contributed by atoms with Crippen molar-refractivity contribution in [1.82, 2.24) is 4.90 Å². The lowest BCUT2D eigenvalue weighted by Crippen LogP contribution is -2.27. The lowest BCUT2D eigenvalue weighted by Gasteiger charge is -2.14. The largest absolute Gasteiger partial charge is 0.489 e. The summed E-state index contributed by atoms with van der Waals surface area (Å²) in [7, 11) is 0. The molecule has 3 aromatic rings. The van der Waals surface area contributed by atoms with Crippen LogP contribution in [0.15, 0.2) is 77.7 Å². The first-order valence-electron chi connectivity index (χ1n) is 9.77. The second kappa shape index (κ2) is 9.41. The standard InChI is InChI=1S/C25H20ClNO3S/c1-17-6-2-3-7-19(17)15-27-24(28)23(31-25(27)29)14-18-10-12-21(13-11-18)30-16-20-8-4-5-9-22(20)26/h2-14H,15-16H2,1H3/b23-14-. The molecule has 4 rings (SSSR count). The van der Waals surface area contributed by atoms with Gasteiger partial charge < -0.3 is 4.74 Å². The molecule has 1 fully saturated rings. The fourth-order valence-electron chi connectivity index (χ4n) is 3.18. The minimum absolute atomic E-state index is 0.251. The Kier molecular flexibility index (Phi) is 6.44. The van der Waals surface area contributed by atoms with Gasteiger partial charge in [0.1, 0.15) is 12.4 Å². The number of imide groups is 1. The third-order valence-corrected chi connectivity index (χ3v) is 6.27. The zero-order valence-corrected chi connectivity index (χ0v) is 18.5. The highest BCUT2D eigenvalue weighted by molar-refractivity contribution is 8.18. The molecular formula is C25H20ClNO3S. The van der Waals surface area contributed by atoms with Crippen LogP contribution in [0, 0.1) is 6.92 Å². The van der Waals surface area contributed by atoms with Gasteiger partial charge in [0, 0.05) is 10.6 Å². The molecule has 0 spiro atoms. The SMILES string of the molecule is Cc1ccccc1CN1C(=O)S/C(=C\c2ccc(OCc3ccccc3Cl)cc2)C1=O. The quantitative estimate of drug-likeness (QED) is 0.405. The van der Waals surface area contributed by atoms with E-state index in [-0.39, 0.29) is 17.7 Å². The molecule has 0 unspecified atom stereocenters.